The molecule has 0 unspecified atom stereocenters. The molecule has 0 aliphatic heterocycles. The molecule has 0 fully saturated rings. The van der Waals surface area contributed by atoms with Crippen molar-refractivity contribution >= 4 is 28.1 Å². The Balaban J connectivity index is 1.98. The van der Waals surface area contributed by atoms with E-state index in [4.69, 9.17) is 0 Å². The number of aromatic hydroxyl groups is 1. The molecule has 2 heterocycles. The molecule has 20 heavy (non-hydrogen) atoms. The number of unbranched alkanes of at least 4 members (excludes halogenated alkanes) is 4. The summed E-state index contributed by atoms with van der Waals surface area (Å²) in [5.41, 5.74) is -0.0533. The zero-order valence-corrected chi connectivity index (χ0v) is 13.4. The standard InChI is InChI=1S/C13H19N3O2S2/c1-3-4-5-6-7-8-19-13-15-16-11(18)9(2)10(17)14-12(16)20-13/h17H,3-8H2,1-2H3. The molecule has 0 spiro atoms. The van der Waals surface area contributed by atoms with Crippen molar-refractivity contribution in [1.82, 2.24) is 14.6 Å². The lowest BCUT2D eigenvalue weighted by molar-refractivity contribution is 0.447. The van der Waals surface area contributed by atoms with Crippen LogP contribution in [0.4, 0.5) is 0 Å². The third-order valence-electron chi connectivity index (χ3n) is 3.06. The van der Waals surface area contributed by atoms with Crippen LogP contribution in [0.5, 0.6) is 5.88 Å². The summed E-state index contributed by atoms with van der Waals surface area (Å²) in [6.07, 6.45) is 6.23. The molecule has 0 saturated heterocycles. The Kier molecular flexibility index (Phi) is 5.42. The fraction of sp³-hybridized carbons (Fsp3) is 0.615. The number of nitrogens with zero attached hydrogens (tertiary/aromatic N) is 3. The average molecular weight is 313 g/mol. The van der Waals surface area contributed by atoms with Gasteiger partial charge in [-0.1, -0.05) is 55.7 Å². The predicted molar refractivity (Wildman–Crippen MR) is 83.0 cm³/mol. The van der Waals surface area contributed by atoms with E-state index in [9.17, 15) is 9.90 Å². The van der Waals surface area contributed by atoms with Gasteiger partial charge in [-0.25, -0.2) is 0 Å². The summed E-state index contributed by atoms with van der Waals surface area (Å²) in [5.74, 6) is 0.804. The maximum Gasteiger partial charge on any atom is 0.281 e. The largest absolute Gasteiger partial charge is 0.493 e. The van der Waals surface area contributed by atoms with Gasteiger partial charge in [0.15, 0.2) is 4.34 Å². The second-order valence-corrected chi connectivity index (χ2v) is 6.99. The highest BCUT2D eigenvalue weighted by atomic mass is 32.2. The van der Waals surface area contributed by atoms with Crippen LogP contribution in [0.1, 0.15) is 44.6 Å². The van der Waals surface area contributed by atoms with E-state index in [1.165, 1.54) is 41.5 Å². The van der Waals surface area contributed by atoms with Crippen molar-refractivity contribution < 1.29 is 5.11 Å². The van der Waals surface area contributed by atoms with Gasteiger partial charge in [0.1, 0.15) is 0 Å². The van der Waals surface area contributed by atoms with Gasteiger partial charge in [0.05, 0.1) is 5.56 Å². The van der Waals surface area contributed by atoms with E-state index in [1.54, 1.807) is 18.7 Å². The second-order valence-electron chi connectivity index (χ2n) is 4.69. The van der Waals surface area contributed by atoms with Crippen LogP contribution in [0.15, 0.2) is 9.13 Å². The molecule has 0 aliphatic rings. The quantitative estimate of drug-likeness (QED) is 0.628. The van der Waals surface area contributed by atoms with Gasteiger partial charge < -0.3 is 5.11 Å². The summed E-state index contributed by atoms with van der Waals surface area (Å²) in [7, 11) is 0. The monoisotopic (exact) mass is 313 g/mol. The van der Waals surface area contributed by atoms with E-state index < -0.39 is 0 Å². The number of hydrogen-bond acceptors (Lipinski definition) is 6. The van der Waals surface area contributed by atoms with Crippen LogP contribution in [0.2, 0.25) is 0 Å². The normalized spacial score (nSPS) is 11.3. The van der Waals surface area contributed by atoms with E-state index >= 15 is 0 Å². The Bertz CT molecular complexity index is 636. The first-order valence-corrected chi connectivity index (χ1v) is 8.66. The molecular formula is C13H19N3O2S2. The van der Waals surface area contributed by atoms with Crippen LogP contribution in [0.25, 0.3) is 4.96 Å². The Labute approximate surface area is 126 Å². The third kappa shape index (κ3) is 3.52. The molecule has 1 N–H and O–H groups in total. The zero-order valence-electron chi connectivity index (χ0n) is 11.8. The zero-order chi connectivity index (χ0) is 14.5. The SMILES string of the molecule is CCCCCCCSc1nn2c(=O)c(C)c(O)nc2s1. The van der Waals surface area contributed by atoms with Crippen molar-refractivity contribution in [2.45, 2.75) is 50.3 Å². The van der Waals surface area contributed by atoms with Crippen LogP contribution in [0, 0.1) is 6.92 Å². The van der Waals surface area contributed by atoms with Crippen LogP contribution in [-0.4, -0.2) is 25.5 Å². The Hall–Kier alpha value is -1.08. The fourth-order valence-electron chi connectivity index (χ4n) is 1.82. The lowest BCUT2D eigenvalue weighted by Gasteiger charge is -1.97. The van der Waals surface area contributed by atoms with E-state index in [0.29, 0.717) is 4.96 Å². The van der Waals surface area contributed by atoms with Crippen molar-refractivity contribution in [3.8, 4) is 5.88 Å². The van der Waals surface area contributed by atoms with Crippen molar-refractivity contribution in [1.29, 1.82) is 0 Å². The molecule has 0 saturated carbocycles. The van der Waals surface area contributed by atoms with Gasteiger partial charge in [-0.15, -0.1) is 5.10 Å². The summed E-state index contributed by atoms with van der Waals surface area (Å²) in [6.45, 7) is 3.76. The van der Waals surface area contributed by atoms with E-state index in [1.807, 2.05) is 0 Å². The molecule has 0 bridgehead atoms. The first kappa shape index (κ1) is 15.3. The van der Waals surface area contributed by atoms with Gasteiger partial charge in [-0.05, 0) is 13.3 Å². The maximum absolute atomic E-state index is 11.9. The molecule has 110 valence electrons. The lowest BCUT2D eigenvalue weighted by atomic mass is 10.2. The third-order valence-corrected chi connectivity index (χ3v) is 5.19. The van der Waals surface area contributed by atoms with Crippen LogP contribution >= 0.6 is 23.1 Å². The minimum atomic E-state index is -0.293. The molecule has 5 nitrogen and oxygen atoms in total. The van der Waals surface area contributed by atoms with Gasteiger partial charge in [-0.2, -0.15) is 9.50 Å². The summed E-state index contributed by atoms with van der Waals surface area (Å²) in [5, 5.41) is 13.8. The van der Waals surface area contributed by atoms with Crippen molar-refractivity contribution in [2.75, 3.05) is 5.75 Å². The van der Waals surface area contributed by atoms with Gasteiger partial charge >= 0.3 is 0 Å². The van der Waals surface area contributed by atoms with E-state index in [-0.39, 0.29) is 17.0 Å². The van der Waals surface area contributed by atoms with Gasteiger partial charge in [0.25, 0.3) is 5.56 Å². The number of hydrogen-bond donors (Lipinski definition) is 1. The molecule has 0 aromatic carbocycles. The molecule has 0 aliphatic carbocycles. The Morgan fingerprint density at radius 2 is 2.05 bits per heavy atom. The number of aromatic nitrogens is 3. The topological polar surface area (TPSA) is 67.5 Å². The van der Waals surface area contributed by atoms with Gasteiger partial charge in [-0.3, -0.25) is 4.79 Å². The summed E-state index contributed by atoms with van der Waals surface area (Å²) < 4.78 is 2.11. The highest BCUT2D eigenvalue weighted by molar-refractivity contribution is 8.01. The number of thioether (sulfide) groups is 1. The molecule has 2 rings (SSSR count). The molecule has 2 aromatic heterocycles. The number of fused-ring (bicyclic) bond motifs is 1. The first-order chi connectivity index (χ1) is 9.63. The van der Waals surface area contributed by atoms with Crippen molar-refractivity contribution in [3.05, 3.63) is 15.9 Å². The van der Waals surface area contributed by atoms with E-state index in [2.05, 4.69) is 17.0 Å². The van der Waals surface area contributed by atoms with Crippen molar-refractivity contribution in [3.63, 3.8) is 0 Å². The number of rotatable bonds is 7. The lowest BCUT2D eigenvalue weighted by Crippen LogP contribution is -2.17. The van der Waals surface area contributed by atoms with Crippen LogP contribution < -0.4 is 5.56 Å². The molecule has 2 aromatic rings. The van der Waals surface area contributed by atoms with Crippen LogP contribution in [-0.2, 0) is 0 Å². The molecular weight excluding hydrogens is 294 g/mol. The molecule has 7 heteroatoms. The highest BCUT2D eigenvalue weighted by Gasteiger charge is 2.12. The Morgan fingerprint density at radius 1 is 1.30 bits per heavy atom. The van der Waals surface area contributed by atoms with Crippen LogP contribution in [0.3, 0.4) is 0 Å². The molecule has 0 amide bonds. The maximum atomic E-state index is 11.9. The predicted octanol–water partition coefficient (Wildman–Crippen LogP) is 3.23. The first-order valence-electron chi connectivity index (χ1n) is 6.85. The molecule has 0 atom stereocenters. The fourth-order valence-corrected chi connectivity index (χ4v) is 3.81. The van der Waals surface area contributed by atoms with Gasteiger partial charge in [0, 0.05) is 5.75 Å². The van der Waals surface area contributed by atoms with Crippen molar-refractivity contribution in [2.24, 2.45) is 0 Å². The summed E-state index contributed by atoms with van der Waals surface area (Å²) in [6, 6.07) is 0. The summed E-state index contributed by atoms with van der Waals surface area (Å²) in [4.78, 5) is 16.3. The van der Waals surface area contributed by atoms with Gasteiger partial charge in [0.2, 0.25) is 10.8 Å². The van der Waals surface area contributed by atoms with E-state index in [0.717, 1.165) is 16.5 Å². The highest BCUT2D eigenvalue weighted by Crippen LogP contribution is 2.25. The minimum Gasteiger partial charge on any atom is -0.493 e. The molecule has 0 radical (unpaired) electrons. The Morgan fingerprint density at radius 3 is 2.80 bits per heavy atom. The average Bonchev–Trinajstić information content (AvgIpc) is 2.83. The smallest absolute Gasteiger partial charge is 0.281 e. The summed E-state index contributed by atoms with van der Waals surface area (Å²) >= 11 is 3.00. The second kappa shape index (κ2) is 7.08. The minimum absolute atomic E-state index is 0.199.